The molecule has 0 fully saturated rings. The largest absolute Gasteiger partial charge is 0.478 e. The average molecular weight is 340 g/mol. The summed E-state index contributed by atoms with van der Waals surface area (Å²) < 4.78 is 13.0. The first-order valence-electron chi connectivity index (χ1n) is 5.38. The van der Waals surface area contributed by atoms with Crippen LogP contribution in [0.15, 0.2) is 52.0 Å². The van der Waals surface area contributed by atoms with Crippen molar-refractivity contribution in [3.8, 4) is 0 Å². The van der Waals surface area contributed by atoms with Gasteiger partial charge in [0.25, 0.3) is 0 Å². The summed E-state index contributed by atoms with van der Waals surface area (Å²) in [7, 11) is -1.19. The minimum absolute atomic E-state index is 0.123. The fourth-order valence-electron chi connectivity index (χ4n) is 1.44. The van der Waals surface area contributed by atoms with Gasteiger partial charge >= 0.3 is 5.97 Å². The van der Waals surface area contributed by atoms with Crippen molar-refractivity contribution in [3.63, 3.8) is 0 Å². The molecule has 98 valence electrons. The zero-order valence-corrected chi connectivity index (χ0v) is 12.1. The van der Waals surface area contributed by atoms with E-state index in [1.54, 1.807) is 18.2 Å². The normalized spacial score (nSPS) is 12.1. The molecule has 0 aliphatic heterocycles. The summed E-state index contributed by atoms with van der Waals surface area (Å²) in [6.07, 6.45) is 1.27. The molecule has 0 amide bonds. The average Bonchev–Trinajstić information content (AvgIpc) is 2.40. The van der Waals surface area contributed by atoms with E-state index < -0.39 is 16.8 Å². The second-order valence-corrected chi connectivity index (χ2v) is 6.15. The fraction of sp³-hybridized carbons (Fsp3) is 0.0769. The summed E-state index contributed by atoms with van der Waals surface area (Å²) in [6, 6.07) is 10.3. The number of carboxylic acids is 1. The predicted molar refractivity (Wildman–Crippen MR) is 75.5 cm³/mol. The Bertz CT molecular complexity index is 611. The smallest absolute Gasteiger partial charge is 0.337 e. The van der Waals surface area contributed by atoms with Gasteiger partial charge in [-0.1, -0.05) is 15.9 Å². The van der Waals surface area contributed by atoms with Gasteiger partial charge in [0.2, 0.25) is 0 Å². The highest BCUT2D eigenvalue weighted by Crippen LogP contribution is 2.15. The molecule has 1 aromatic heterocycles. The zero-order valence-electron chi connectivity index (χ0n) is 9.75. The van der Waals surface area contributed by atoms with Gasteiger partial charge in [0.1, 0.15) is 0 Å². The maximum Gasteiger partial charge on any atom is 0.337 e. The molecule has 1 aromatic carbocycles. The Morgan fingerprint density at radius 1 is 1.21 bits per heavy atom. The van der Waals surface area contributed by atoms with Gasteiger partial charge in [0.05, 0.1) is 27.8 Å². The van der Waals surface area contributed by atoms with Crippen LogP contribution in [-0.4, -0.2) is 20.3 Å². The standard InChI is InChI=1S/C13H10BrNO3S/c14-10-2-5-12(6-3-10)19(18)8-11-4-1-9(7-15-11)13(16)17/h1-7H,8H2,(H,16,17). The summed E-state index contributed by atoms with van der Waals surface area (Å²) in [6.45, 7) is 0. The number of aromatic nitrogens is 1. The van der Waals surface area contributed by atoms with E-state index in [4.69, 9.17) is 5.11 Å². The Hall–Kier alpha value is -1.53. The lowest BCUT2D eigenvalue weighted by molar-refractivity contribution is 0.0696. The number of aromatic carboxylic acids is 1. The molecule has 4 nitrogen and oxygen atoms in total. The van der Waals surface area contributed by atoms with Gasteiger partial charge in [-0.05, 0) is 36.4 Å². The molecule has 1 N–H and O–H groups in total. The first-order valence-corrected chi connectivity index (χ1v) is 7.49. The molecule has 0 radical (unpaired) electrons. The topological polar surface area (TPSA) is 67.3 Å². The van der Waals surface area contributed by atoms with Gasteiger partial charge < -0.3 is 5.11 Å². The van der Waals surface area contributed by atoms with Gasteiger partial charge in [-0.15, -0.1) is 0 Å². The van der Waals surface area contributed by atoms with Gasteiger partial charge in [-0.2, -0.15) is 0 Å². The molecule has 2 aromatic rings. The van der Waals surface area contributed by atoms with Crippen molar-refractivity contribution in [1.29, 1.82) is 0 Å². The van der Waals surface area contributed by atoms with Crippen molar-refractivity contribution in [2.45, 2.75) is 10.6 Å². The molecule has 0 saturated carbocycles. The number of nitrogens with zero attached hydrogens (tertiary/aromatic N) is 1. The Labute approximate surface area is 121 Å². The second kappa shape index (κ2) is 6.08. The third kappa shape index (κ3) is 3.71. The highest BCUT2D eigenvalue weighted by molar-refractivity contribution is 9.10. The van der Waals surface area contributed by atoms with E-state index in [1.165, 1.54) is 12.3 Å². The molecule has 0 bridgehead atoms. The lowest BCUT2D eigenvalue weighted by Crippen LogP contribution is -2.01. The second-order valence-electron chi connectivity index (χ2n) is 3.79. The number of halogens is 1. The van der Waals surface area contributed by atoms with Crippen molar-refractivity contribution < 1.29 is 14.1 Å². The number of hydrogen-bond acceptors (Lipinski definition) is 3. The first kappa shape index (κ1) is 13.9. The summed E-state index contributed by atoms with van der Waals surface area (Å²) in [5.41, 5.74) is 0.726. The Morgan fingerprint density at radius 2 is 1.89 bits per heavy atom. The maximum absolute atomic E-state index is 12.1. The minimum atomic E-state index is -1.19. The number of carboxylic acid groups (broad SMARTS) is 1. The van der Waals surface area contributed by atoms with Crippen molar-refractivity contribution >= 4 is 32.7 Å². The molecule has 1 atom stereocenters. The third-order valence-corrected chi connectivity index (χ3v) is 4.31. The van der Waals surface area contributed by atoms with Crippen LogP contribution in [0.1, 0.15) is 16.1 Å². The van der Waals surface area contributed by atoms with Crippen LogP contribution in [0.3, 0.4) is 0 Å². The molecule has 6 heteroatoms. The summed E-state index contributed by atoms with van der Waals surface area (Å²) in [4.78, 5) is 15.4. The molecular formula is C13H10BrNO3S. The zero-order chi connectivity index (χ0) is 13.8. The van der Waals surface area contributed by atoms with Crippen molar-refractivity contribution in [1.82, 2.24) is 4.98 Å². The molecule has 0 saturated heterocycles. The number of pyridine rings is 1. The fourth-order valence-corrected chi connectivity index (χ4v) is 2.75. The van der Waals surface area contributed by atoms with E-state index in [9.17, 15) is 9.00 Å². The monoisotopic (exact) mass is 339 g/mol. The van der Waals surface area contributed by atoms with Crippen molar-refractivity contribution in [3.05, 3.63) is 58.3 Å². The van der Waals surface area contributed by atoms with E-state index in [0.29, 0.717) is 10.6 Å². The van der Waals surface area contributed by atoms with E-state index in [0.717, 1.165) is 4.47 Å². The van der Waals surface area contributed by atoms with E-state index in [2.05, 4.69) is 20.9 Å². The molecule has 1 heterocycles. The molecule has 0 aliphatic rings. The van der Waals surface area contributed by atoms with Crippen molar-refractivity contribution in [2.24, 2.45) is 0 Å². The minimum Gasteiger partial charge on any atom is -0.478 e. The molecular weight excluding hydrogens is 330 g/mol. The molecule has 1 unspecified atom stereocenters. The first-order chi connectivity index (χ1) is 9.06. The Balaban J connectivity index is 2.10. The van der Waals surface area contributed by atoms with Crippen LogP contribution in [0.25, 0.3) is 0 Å². The van der Waals surface area contributed by atoms with Gasteiger partial charge in [0.15, 0.2) is 0 Å². The van der Waals surface area contributed by atoms with Gasteiger partial charge in [-0.3, -0.25) is 9.19 Å². The maximum atomic E-state index is 12.1. The molecule has 0 aliphatic carbocycles. The number of rotatable bonds is 4. The number of benzene rings is 1. The predicted octanol–water partition coefficient (Wildman–Crippen LogP) is 2.85. The van der Waals surface area contributed by atoms with Gasteiger partial charge in [-0.25, -0.2) is 4.79 Å². The lowest BCUT2D eigenvalue weighted by Gasteiger charge is -2.03. The van der Waals surface area contributed by atoms with E-state index >= 15 is 0 Å². The number of hydrogen-bond donors (Lipinski definition) is 1. The quantitative estimate of drug-likeness (QED) is 0.929. The highest BCUT2D eigenvalue weighted by atomic mass is 79.9. The van der Waals surface area contributed by atoms with Crippen LogP contribution in [0, 0.1) is 0 Å². The molecule has 0 spiro atoms. The van der Waals surface area contributed by atoms with Crippen LogP contribution in [0.4, 0.5) is 0 Å². The highest BCUT2D eigenvalue weighted by Gasteiger charge is 2.08. The van der Waals surface area contributed by atoms with Gasteiger partial charge in [0, 0.05) is 15.6 Å². The molecule has 19 heavy (non-hydrogen) atoms. The lowest BCUT2D eigenvalue weighted by atomic mass is 10.2. The third-order valence-electron chi connectivity index (χ3n) is 2.43. The Kier molecular flexibility index (Phi) is 4.44. The van der Waals surface area contributed by atoms with E-state index in [-0.39, 0.29) is 11.3 Å². The summed E-state index contributed by atoms with van der Waals surface area (Å²) in [5.74, 6) is -0.755. The van der Waals surface area contributed by atoms with Crippen LogP contribution in [-0.2, 0) is 16.6 Å². The molecule has 2 rings (SSSR count). The Morgan fingerprint density at radius 3 is 2.42 bits per heavy atom. The van der Waals surface area contributed by atoms with Crippen molar-refractivity contribution in [2.75, 3.05) is 0 Å². The van der Waals surface area contributed by atoms with Crippen LogP contribution in [0.2, 0.25) is 0 Å². The SMILES string of the molecule is O=C(O)c1ccc(CS(=O)c2ccc(Br)cc2)nc1. The van der Waals surface area contributed by atoms with Crippen LogP contribution < -0.4 is 0 Å². The summed E-state index contributed by atoms with van der Waals surface area (Å²) in [5, 5.41) is 8.76. The summed E-state index contributed by atoms with van der Waals surface area (Å²) >= 11 is 3.32. The van der Waals surface area contributed by atoms with Crippen LogP contribution in [0.5, 0.6) is 0 Å². The number of carbonyl (C=O) groups is 1. The van der Waals surface area contributed by atoms with E-state index in [1.807, 2.05) is 12.1 Å². The van der Waals surface area contributed by atoms with Crippen LogP contribution >= 0.6 is 15.9 Å².